The van der Waals surface area contributed by atoms with Crippen molar-refractivity contribution in [3.05, 3.63) is 23.8 Å². The standard InChI is InChI=1S/C14H21N3O/c1-10-12(15)4-3-5-13(10)16-14(18)9-17(2)8-11-6-7-11/h3-5,11H,6-9,15H2,1-2H3,(H,16,18). The largest absolute Gasteiger partial charge is 0.398 e. The summed E-state index contributed by atoms with van der Waals surface area (Å²) in [5.74, 6) is 0.823. The number of nitrogens with one attached hydrogen (secondary N) is 1. The fraction of sp³-hybridized carbons (Fsp3) is 0.500. The van der Waals surface area contributed by atoms with Crippen LogP contribution in [0.25, 0.3) is 0 Å². The number of amides is 1. The minimum Gasteiger partial charge on any atom is -0.398 e. The zero-order valence-electron chi connectivity index (χ0n) is 11.1. The van der Waals surface area contributed by atoms with Gasteiger partial charge in [0.05, 0.1) is 6.54 Å². The lowest BCUT2D eigenvalue weighted by atomic mass is 10.1. The van der Waals surface area contributed by atoms with E-state index in [9.17, 15) is 4.79 Å². The summed E-state index contributed by atoms with van der Waals surface area (Å²) >= 11 is 0. The molecule has 18 heavy (non-hydrogen) atoms. The summed E-state index contributed by atoms with van der Waals surface area (Å²) in [5.41, 5.74) is 8.25. The Morgan fingerprint density at radius 2 is 2.22 bits per heavy atom. The van der Waals surface area contributed by atoms with Crippen LogP contribution in [0.15, 0.2) is 18.2 Å². The Kier molecular flexibility index (Phi) is 3.87. The Morgan fingerprint density at radius 3 is 2.89 bits per heavy atom. The Labute approximate surface area is 108 Å². The molecular weight excluding hydrogens is 226 g/mol. The number of anilines is 2. The van der Waals surface area contributed by atoms with Crippen LogP contribution in [0.5, 0.6) is 0 Å². The summed E-state index contributed by atoms with van der Waals surface area (Å²) < 4.78 is 0. The molecule has 1 fully saturated rings. The van der Waals surface area contributed by atoms with E-state index in [1.807, 2.05) is 32.2 Å². The molecule has 4 heteroatoms. The topological polar surface area (TPSA) is 58.4 Å². The fourth-order valence-corrected chi connectivity index (χ4v) is 2.03. The number of nitrogens with zero attached hydrogens (tertiary/aromatic N) is 1. The molecule has 0 heterocycles. The smallest absolute Gasteiger partial charge is 0.238 e. The predicted octanol–water partition coefficient (Wildman–Crippen LogP) is 1.86. The van der Waals surface area contributed by atoms with Crippen molar-refractivity contribution in [2.45, 2.75) is 19.8 Å². The maximum Gasteiger partial charge on any atom is 0.238 e. The van der Waals surface area contributed by atoms with Crippen LogP contribution in [0.2, 0.25) is 0 Å². The molecule has 0 radical (unpaired) electrons. The lowest BCUT2D eigenvalue weighted by Crippen LogP contribution is -2.31. The second kappa shape index (κ2) is 5.40. The Balaban J connectivity index is 1.87. The van der Waals surface area contributed by atoms with Gasteiger partial charge in [0.1, 0.15) is 0 Å². The van der Waals surface area contributed by atoms with Gasteiger partial charge < -0.3 is 11.1 Å². The molecule has 0 bridgehead atoms. The van der Waals surface area contributed by atoms with E-state index in [1.54, 1.807) is 0 Å². The summed E-state index contributed by atoms with van der Waals surface area (Å²) in [6.07, 6.45) is 2.61. The fourth-order valence-electron chi connectivity index (χ4n) is 2.03. The number of carbonyl (C=O) groups excluding carboxylic acids is 1. The van der Waals surface area contributed by atoms with E-state index < -0.39 is 0 Å². The molecule has 0 aliphatic heterocycles. The van der Waals surface area contributed by atoms with Crippen molar-refractivity contribution >= 4 is 17.3 Å². The molecule has 1 aromatic carbocycles. The molecular formula is C14H21N3O. The molecule has 2 rings (SSSR count). The van der Waals surface area contributed by atoms with Crippen LogP contribution in [0.3, 0.4) is 0 Å². The lowest BCUT2D eigenvalue weighted by molar-refractivity contribution is -0.117. The van der Waals surface area contributed by atoms with Crippen molar-refractivity contribution in [2.75, 3.05) is 31.2 Å². The number of nitrogen functional groups attached to an aromatic ring is 1. The first kappa shape index (κ1) is 12.9. The Morgan fingerprint density at radius 1 is 1.50 bits per heavy atom. The number of rotatable bonds is 5. The van der Waals surface area contributed by atoms with Crippen molar-refractivity contribution in [2.24, 2.45) is 5.92 Å². The molecule has 0 aromatic heterocycles. The molecule has 0 atom stereocenters. The van der Waals surface area contributed by atoms with Crippen LogP contribution in [-0.2, 0) is 4.79 Å². The zero-order chi connectivity index (χ0) is 13.1. The maximum atomic E-state index is 11.9. The van der Waals surface area contributed by atoms with E-state index in [4.69, 9.17) is 5.73 Å². The number of likely N-dealkylation sites (N-methyl/N-ethyl adjacent to an activating group) is 1. The van der Waals surface area contributed by atoms with Gasteiger partial charge in [0.15, 0.2) is 0 Å². The Hall–Kier alpha value is -1.55. The summed E-state index contributed by atoms with van der Waals surface area (Å²) in [6, 6.07) is 5.57. The van der Waals surface area contributed by atoms with Gasteiger partial charge in [0.2, 0.25) is 5.91 Å². The van der Waals surface area contributed by atoms with Gasteiger partial charge in [-0.2, -0.15) is 0 Å². The van der Waals surface area contributed by atoms with Gasteiger partial charge in [-0.1, -0.05) is 6.07 Å². The first-order valence-electron chi connectivity index (χ1n) is 6.39. The highest BCUT2D eigenvalue weighted by Crippen LogP contribution is 2.29. The van der Waals surface area contributed by atoms with Crippen LogP contribution in [-0.4, -0.2) is 30.9 Å². The first-order valence-corrected chi connectivity index (χ1v) is 6.39. The van der Waals surface area contributed by atoms with Crippen LogP contribution in [0.4, 0.5) is 11.4 Å². The third kappa shape index (κ3) is 3.47. The molecule has 98 valence electrons. The average molecular weight is 247 g/mol. The van der Waals surface area contributed by atoms with E-state index in [1.165, 1.54) is 12.8 Å². The van der Waals surface area contributed by atoms with Crippen LogP contribution in [0, 0.1) is 12.8 Å². The SMILES string of the molecule is Cc1c(N)cccc1NC(=O)CN(C)CC1CC1. The van der Waals surface area contributed by atoms with E-state index in [-0.39, 0.29) is 5.91 Å². The summed E-state index contributed by atoms with van der Waals surface area (Å²) in [6.45, 7) is 3.37. The number of carbonyl (C=O) groups is 1. The molecule has 1 aliphatic carbocycles. The molecule has 1 aromatic rings. The molecule has 1 amide bonds. The molecule has 0 spiro atoms. The summed E-state index contributed by atoms with van der Waals surface area (Å²) in [7, 11) is 1.99. The van der Waals surface area contributed by atoms with Crippen molar-refractivity contribution in [1.29, 1.82) is 0 Å². The highest BCUT2D eigenvalue weighted by Gasteiger charge is 2.23. The highest BCUT2D eigenvalue weighted by molar-refractivity contribution is 5.93. The molecule has 3 N–H and O–H groups in total. The second-order valence-electron chi connectivity index (χ2n) is 5.21. The highest BCUT2D eigenvalue weighted by atomic mass is 16.2. The van der Waals surface area contributed by atoms with Crippen LogP contribution >= 0.6 is 0 Å². The van der Waals surface area contributed by atoms with Crippen LogP contribution < -0.4 is 11.1 Å². The quantitative estimate of drug-likeness (QED) is 0.781. The van der Waals surface area contributed by atoms with Crippen molar-refractivity contribution in [3.8, 4) is 0 Å². The molecule has 0 unspecified atom stereocenters. The summed E-state index contributed by atoms with van der Waals surface area (Å²) in [5, 5.41) is 2.91. The third-order valence-corrected chi connectivity index (χ3v) is 3.33. The van der Waals surface area contributed by atoms with Crippen molar-refractivity contribution < 1.29 is 4.79 Å². The van der Waals surface area contributed by atoms with Gasteiger partial charge in [-0.25, -0.2) is 0 Å². The van der Waals surface area contributed by atoms with Gasteiger partial charge in [-0.3, -0.25) is 9.69 Å². The molecule has 1 aliphatic rings. The van der Waals surface area contributed by atoms with E-state index >= 15 is 0 Å². The monoisotopic (exact) mass is 247 g/mol. The number of hydrogen-bond donors (Lipinski definition) is 2. The van der Waals surface area contributed by atoms with Gasteiger partial charge in [0, 0.05) is 17.9 Å². The van der Waals surface area contributed by atoms with Gasteiger partial charge in [0.25, 0.3) is 0 Å². The number of hydrogen-bond acceptors (Lipinski definition) is 3. The number of nitrogens with two attached hydrogens (primary N) is 1. The lowest BCUT2D eigenvalue weighted by Gasteiger charge is -2.16. The predicted molar refractivity (Wildman–Crippen MR) is 74.4 cm³/mol. The van der Waals surface area contributed by atoms with Gasteiger partial charge in [-0.05, 0) is 50.4 Å². The minimum absolute atomic E-state index is 0.0202. The van der Waals surface area contributed by atoms with Crippen LogP contribution in [0.1, 0.15) is 18.4 Å². The van der Waals surface area contributed by atoms with Gasteiger partial charge >= 0.3 is 0 Å². The average Bonchev–Trinajstić information content (AvgIpc) is 3.08. The normalized spacial score (nSPS) is 14.8. The third-order valence-electron chi connectivity index (χ3n) is 3.33. The van der Waals surface area contributed by atoms with E-state index in [0.29, 0.717) is 12.2 Å². The zero-order valence-corrected chi connectivity index (χ0v) is 11.1. The molecule has 4 nitrogen and oxygen atoms in total. The Bertz CT molecular complexity index is 441. The van der Waals surface area contributed by atoms with Gasteiger partial charge in [-0.15, -0.1) is 0 Å². The molecule has 0 saturated heterocycles. The minimum atomic E-state index is 0.0202. The van der Waals surface area contributed by atoms with Crippen molar-refractivity contribution in [3.63, 3.8) is 0 Å². The van der Waals surface area contributed by atoms with E-state index in [2.05, 4.69) is 10.2 Å². The summed E-state index contributed by atoms with van der Waals surface area (Å²) in [4.78, 5) is 14.0. The molecule has 1 saturated carbocycles. The second-order valence-corrected chi connectivity index (χ2v) is 5.21. The van der Waals surface area contributed by atoms with E-state index in [0.717, 1.165) is 23.7 Å². The van der Waals surface area contributed by atoms with Crippen molar-refractivity contribution in [1.82, 2.24) is 4.90 Å². The number of benzene rings is 1. The maximum absolute atomic E-state index is 11.9. The first-order chi connectivity index (χ1) is 8.56.